The van der Waals surface area contributed by atoms with Crippen molar-refractivity contribution in [2.75, 3.05) is 32.5 Å². The van der Waals surface area contributed by atoms with E-state index in [4.69, 9.17) is 9.15 Å². The number of carbonyl (C=O) groups is 1. The summed E-state index contributed by atoms with van der Waals surface area (Å²) >= 11 is 1.79. The molecule has 4 rings (SSSR count). The summed E-state index contributed by atoms with van der Waals surface area (Å²) in [7, 11) is 1.60. The van der Waals surface area contributed by atoms with E-state index in [9.17, 15) is 9.90 Å². The Morgan fingerprint density at radius 2 is 2.19 bits per heavy atom. The monoisotopic (exact) mass is 514 g/mol. The quantitative estimate of drug-likeness (QED) is 0.203. The first-order valence-corrected chi connectivity index (χ1v) is 13.7. The van der Waals surface area contributed by atoms with Gasteiger partial charge in [-0.05, 0) is 98.7 Å². The van der Waals surface area contributed by atoms with E-state index in [1.807, 2.05) is 24.3 Å². The van der Waals surface area contributed by atoms with E-state index < -0.39 is 12.1 Å². The Morgan fingerprint density at radius 3 is 2.97 bits per heavy atom. The Balaban J connectivity index is 1.33. The van der Waals surface area contributed by atoms with Gasteiger partial charge in [0.25, 0.3) is 0 Å². The van der Waals surface area contributed by atoms with Gasteiger partial charge in [0.2, 0.25) is 0 Å². The molecule has 0 aliphatic carbocycles. The van der Waals surface area contributed by atoms with Crippen LogP contribution in [0.2, 0.25) is 0 Å². The highest BCUT2D eigenvalue weighted by atomic mass is 32.2. The molecule has 3 aromatic rings. The molecule has 1 aliphatic rings. The van der Waals surface area contributed by atoms with Crippen molar-refractivity contribution in [1.82, 2.24) is 9.88 Å². The summed E-state index contributed by atoms with van der Waals surface area (Å²) in [5.41, 5.74) is 1.41. The number of benzene rings is 1. The van der Waals surface area contributed by atoms with Gasteiger partial charge in [-0.15, -0.1) is 11.8 Å². The van der Waals surface area contributed by atoms with Crippen molar-refractivity contribution in [3.8, 4) is 5.75 Å². The van der Waals surface area contributed by atoms with Crippen LogP contribution >= 0.6 is 11.8 Å². The second-order valence-electron chi connectivity index (χ2n) is 9.53. The van der Waals surface area contributed by atoms with E-state index in [0.717, 1.165) is 60.4 Å². The number of pyridine rings is 1. The van der Waals surface area contributed by atoms with Crippen LogP contribution in [-0.4, -0.2) is 53.5 Å². The van der Waals surface area contributed by atoms with Crippen molar-refractivity contribution in [2.45, 2.75) is 49.6 Å². The number of piperidine rings is 1. The third kappa shape index (κ3) is 7.23. The fourth-order valence-corrected chi connectivity index (χ4v) is 6.03. The minimum Gasteiger partial charge on any atom is -0.497 e. The van der Waals surface area contributed by atoms with Gasteiger partial charge in [0, 0.05) is 29.4 Å². The van der Waals surface area contributed by atoms with Crippen molar-refractivity contribution < 1.29 is 23.4 Å². The number of carboxylic acids is 1. The number of thioether (sulfide) groups is 1. The molecule has 1 fully saturated rings. The molecule has 8 heteroatoms. The van der Waals surface area contributed by atoms with E-state index in [0.29, 0.717) is 30.1 Å². The van der Waals surface area contributed by atoms with E-state index in [-0.39, 0.29) is 12.3 Å². The smallest absolute Gasteiger partial charge is 0.303 e. The SMILES string of the molecule is COc1ccc2nccc([C@@H](F)CCC3CCN(CCCSc4ccoc4)CC3CCC(=O)O)c2c1. The number of hydrogen-bond acceptors (Lipinski definition) is 6. The molecule has 3 atom stereocenters. The fraction of sp³-hybridized carbons (Fsp3) is 0.500. The predicted molar refractivity (Wildman–Crippen MR) is 140 cm³/mol. The molecule has 0 bridgehead atoms. The Morgan fingerprint density at radius 1 is 1.31 bits per heavy atom. The van der Waals surface area contributed by atoms with Gasteiger partial charge in [-0.3, -0.25) is 9.78 Å². The fourth-order valence-electron chi connectivity index (χ4n) is 5.25. The third-order valence-corrected chi connectivity index (χ3v) is 8.26. The van der Waals surface area contributed by atoms with Crippen LogP contribution in [0.1, 0.15) is 50.3 Å². The Bertz CT molecular complexity index is 1110. The zero-order valence-electron chi connectivity index (χ0n) is 20.8. The van der Waals surface area contributed by atoms with Crippen molar-refractivity contribution in [3.05, 3.63) is 54.6 Å². The lowest BCUT2D eigenvalue weighted by molar-refractivity contribution is -0.137. The maximum absolute atomic E-state index is 15.5. The molecule has 0 amide bonds. The van der Waals surface area contributed by atoms with Crippen LogP contribution in [0.3, 0.4) is 0 Å². The van der Waals surface area contributed by atoms with Gasteiger partial charge < -0.3 is 19.2 Å². The first-order chi connectivity index (χ1) is 17.5. The second-order valence-corrected chi connectivity index (χ2v) is 10.7. The summed E-state index contributed by atoms with van der Waals surface area (Å²) in [5, 5.41) is 10.1. The van der Waals surface area contributed by atoms with Crippen LogP contribution in [0.5, 0.6) is 5.75 Å². The molecular weight excluding hydrogens is 479 g/mol. The number of carboxylic acid groups (broad SMARTS) is 1. The molecule has 36 heavy (non-hydrogen) atoms. The predicted octanol–water partition coefficient (Wildman–Crippen LogP) is 6.61. The second kappa shape index (κ2) is 13.1. The van der Waals surface area contributed by atoms with Crippen LogP contribution in [0.15, 0.2) is 58.4 Å². The highest BCUT2D eigenvalue weighted by molar-refractivity contribution is 7.99. The zero-order valence-corrected chi connectivity index (χ0v) is 21.6. The maximum atomic E-state index is 15.5. The molecule has 2 aromatic heterocycles. The molecule has 1 aromatic carbocycles. The average Bonchev–Trinajstić information content (AvgIpc) is 3.42. The number of likely N-dealkylation sites (tertiary alicyclic amines) is 1. The number of nitrogens with zero attached hydrogens (tertiary/aromatic N) is 2. The summed E-state index contributed by atoms with van der Waals surface area (Å²) < 4.78 is 26.0. The number of aliphatic carboxylic acids is 1. The number of rotatable bonds is 13. The third-order valence-electron chi connectivity index (χ3n) is 7.20. The zero-order chi connectivity index (χ0) is 25.3. The lowest BCUT2D eigenvalue weighted by Gasteiger charge is -2.39. The first kappa shape index (κ1) is 26.5. The number of hydrogen-bond donors (Lipinski definition) is 1. The number of fused-ring (bicyclic) bond motifs is 1. The first-order valence-electron chi connectivity index (χ1n) is 12.7. The minimum absolute atomic E-state index is 0.166. The standard InChI is InChI=1S/C28H35FN2O4S/c1-34-22-5-7-27-25(17-22)24(9-12-30-27)26(29)6-3-20-10-14-31(18-21(20)4-8-28(32)33)13-2-16-36-23-11-15-35-19-23/h5,7,9,11-12,15,17,19-21,26H,2-4,6,8,10,13-14,16,18H2,1H3,(H,32,33)/t20?,21?,26-/m0/s1. The molecule has 2 unspecified atom stereocenters. The van der Waals surface area contributed by atoms with E-state index in [1.165, 1.54) is 0 Å². The van der Waals surface area contributed by atoms with E-state index >= 15 is 4.39 Å². The normalized spacial score (nSPS) is 19.4. The molecular formula is C28H35FN2O4S. The van der Waals surface area contributed by atoms with Gasteiger partial charge in [0.05, 0.1) is 18.9 Å². The van der Waals surface area contributed by atoms with Crippen LogP contribution in [0, 0.1) is 11.8 Å². The van der Waals surface area contributed by atoms with Crippen molar-refractivity contribution in [3.63, 3.8) is 0 Å². The van der Waals surface area contributed by atoms with Crippen LogP contribution in [0.25, 0.3) is 10.9 Å². The summed E-state index contributed by atoms with van der Waals surface area (Å²) in [5.74, 6) is 1.56. The Hall–Kier alpha value is -2.58. The summed E-state index contributed by atoms with van der Waals surface area (Å²) in [6.45, 7) is 2.87. The number of ether oxygens (including phenoxy) is 1. The van der Waals surface area contributed by atoms with Gasteiger partial charge in [0.15, 0.2) is 0 Å². The van der Waals surface area contributed by atoms with Crippen LogP contribution in [-0.2, 0) is 4.79 Å². The van der Waals surface area contributed by atoms with Gasteiger partial charge in [-0.2, -0.15) is 0 Å². The van der Waals surface area contributed by atoms with E-state index in [1.54, 1.807) is 43.7 Å². The minimum atomic E-state index is -1.10. The molecule has 3 heterocycles. The van der Waals surface area contributed by atoms with Gasteiger partial charge >= 0.3 is 5.97 Å². The number of aromatic nitrogens is 1. The molecule has 0 radical (unpaired) electrons. The molecule has 1 saturated heterocycles. The summed E-state index contributed by atoms with van der Waals surface area (Å²) in [6.07, 6.45) is 8.06. The van der Waals surface area contributed by atoms with E-state index in [2.05, 4.69) is 9.88 Å². The Labute approximate surface area is 216 Å². The molecule has 6 nitrogen and oxygen atoms in total. The molecule has 1 N–H and O–H groups in total. The van der Waals surface area contributed by atoms with Crippen molar-refractivity contribution in [2.24, 2.45) is 11.8 Å². The topological polar surface area (TPSA) is 75.8 Å². The Kier molecular flexibility index (Phi) is 9.64. The average molecular weight is 515 g/mol. The molecule has 0 saturated carbocycles. The highest BCUT2D eigenvalue weighted by Gasteiger charge is 2.30. The van der Waals surface area contributed by atoms with Crippen LogP contribution < -0.4 is 4.74 Å². The summed E-state index contributed by atoms with van der Waals surface area (Å²) in [4.78, 5) is 19.2. The van der Waals surface area contributed by atoms with Gasteiger partial charge in [0.1, 0.15) is 18.2 Å². The highest BCUT2D eigenvalue weighted by Crippen LogP contribution is 2.36. The van der Waals surface area contributed by atoms with Crippen LogP contribution in [0.4, 0.5) is 4.39 Å². The van der Waals surface area contributed by atoms with Gasteiger partial charge in [-0.25, -0.2) is 4.39 Å². The lowest BCUT2D eigenvalue weighted by atomic mass is 9.79. The number of alkyl halides is 1. The van der Waals surface area contributed by atoms with Crippen molar-refractivity contribution >= 4 is 28.6 Å². The lowest BCUT2D eigenvalue weighted by Crippen LogP contribution is -2.41. The van der Waals surface area contributed by atoms with Crippen molar-refractivity contribution in [1.29, 1.82) is 0 Å². The number of halogens is 1. The molecule has 0 spiro atoms. The molecule has 1 aliphatic heterocycles. The molecule has 194 valence electrons. The number of furan rings is 1. The summed E-state index contributed by atoms with van der Waals surface area (Å²) in [6, 6.07) is 9.28. The van der Waals surface area contributed by atoms with Gasteiger partial charge in [-0.1, -0.05) is 0 Å². The number of methoxy groups -OCH3 is 1. The maximum Gasteiger partial charge on any atom is 0.303 e. The largest absolute Gasteiger partial charge is 0.497 e.